The highest BCUT2D eigenvalue weighted by Crippen LogP contribution is 2.26. The van der Waals surface area contributed by atoms with E-state index in [0.717, 1.165) is 28.9 Å². The van der Waals surface area contributed by atoms with Crippen LogP contribution in [0, 0.1) is 23.3 Å². The molecule has 3 aromatic carbocycles. The Morgan fingerprint density at radius 1 is 0.871 bits per heavy atom. The molecule has 1 heterocycles. The summed E-state index contributed by atoms with van der Waals surface area (Å²) >= 11 is 0. The van der Waals surface area contributed by atoms with Crippen molar-refractivity contribution in [2.75, 3.05) is 5.32 Å². The summed E-state index contributed by atoms with van der Waals surface area (Å²) in [6.45, 7) is -0.571. The van der Waals surface area contributed by atoms with Gasteiger partial charge in [0.1, 0.15) is 18.2 Å². The van der Waals surface area contributed by atoms with Crippen molar-refractivity contribution in [3.8, 4) is 11.3 Å². The number of hydrogen-bond donors (Lipinski definition) is 1. The molecular weight excluding hydrogens is 414 g/mol. The number of rotatable bonds is 4. The Morgan fingerprint density at radius 3 is 2.23 bits per heavy atom. The van der Waals surface area contributed by atoms with Crippen molar-refractivity contribution in [2.24, 2.45) is 0 Å². The first-order chi connectivity index (χ1) is 14.8. The monoisotopic (exact) mass is 427 g/mol. The Morgan fingerprint density at radius 2 is 1.55 bits per heavy atom. The molecule has 1 amide bonds. The Kier molecular flexibility index (Phi) is 5.24. The van der Waals surface area contributed by atoms with Gasteiger partial charge in [0.25, 0.3) is 5.56 Å². The van der Waals surface area contributed by atoms with E-state index in [1.165, 1.54) is 12.1 Å². The third-order valence-corrected chi connectivity index (χ3v) is 4.50. The number of amides is 1. The molecule has 0 bridgehead atoms. The lowest BCUT2D eigenvalue weighted by Gasteiger charge is -2.12. The maximum atomic E-state index is 13.8. The topological polar surface area (TPSA) is 64.0 Å². The molecule has 0 fully saturated rings. The zero-order chi connectivity index (χ0) is 22.1. The third kappa shape index (κ3) is 4.16. The van der Waals surface area contributed by atoms with Crippen LogP contribution in [-0.4, -0.2) is 15.7 Å². The van der Waals surface area contributed by atoms with Gasteiger partial charge < -0.3 is 5.32 Å². The fourth-order valence-electron chi connectivity index (χ4n) is 3.16. The summed E-state index contributed by atoms with van der Waals surface area (Å²) in [7, 11) is 0. The summed E-state index contributed by atoms with van der Waals surface area (Å²) < 4.78 is 54.6. The summed E-state index contributed by atoms with van der Waals surface area (Å²) in [6, 6.07) is 12.0. The van der Waals surface area contributed by atoms with Gasteiger partial charge in [0.05, 0.1) is 11.1 Å². The van der Waals surface area contributed by atoms with Crippen molar-refractivity contribution in [2.45, 2.75) is 6.54 Å². The van der Waals surface area contributed by atoms with Gasteiger partial charge in [-0.1, -0.05) is 18.2 Å². The molecule has 0 spiro atoms. The van der Waals surface area contributed by atoms with Crippen molar-refractivity contribution in [3.63, 3.8) is 0 Å². The normalized spacial score (nSPS) is 11.0. The van der Waals surface area contributed by atoms with Gasteiger partial charge in [0, 0.05) is 22.7 Å². The minimum Gasteiger partial charge on any atom is -0.324 e. The minimum atomic E-state index is -1.09. The lowest BCUT2D eigenvalue weighted by atomic mass is 10.0. The number of fused-ring (bicyclic) bond motifs is 1. The SMILES string of the molecule is O=C(Cn1nc(-c2ccc(F)c(F)c2)c2ccccc2c1=O)Nc1cc(F)cc(F)c1. The first-order valence-electron chi connectivity index (χ1n) is 9.03. The number of aromatic nitrogens is 2. The number of benzene rings is 3. The van der Waals surface area contributed by atoms with Crippen molar-refractivity contribution in [3.05, 3.63) is 94.3 Å². The molecule has 0 saturated heterocycles. The van der Waals surface area contributed by atoms with E-state index in [0.29, 0.717) is 11.5 Å². The quantitative estimate of drug-likeness (QED) is 0.495. The van der Waals surface area contributed by atoms with Crippen LogP contribution in [0.25, 0.3) is 22.0 Å². The summed E-state index contributed by atoms with van der Waals surface area (Å²) in [6.07, 6.45) is 0. The van der Waals surface area contributed by atoms with Gasteiger partial charge in [-0.2, -0.15) is 5.10 Å². The molecule has 0 aliphatic carbocycles. The van der Waals surface area contributed by atoms with E-state index in [9.17, 15) is 27.2 Å². The van der Waals surface area contributed by atoms with E-state index in [1.807, 2.05) is 0 Å². The van der Waals surface area contributed by atoms with Gasteiger partial charge in [0.15, 0.2) is 11.6 Å². The smallest absolute Gasteiger partial charge is 0.275 e. The maximum absolute atomic E-state index is 13.8. The van der Waals surface area contributed by atoms with Crippen LogP contribution in [0.5, 0.6) is 0 Å². The van der Waals surface area contributed by atoms with Gasteiger partial charge >= 0.3 is 0 Å². The molecule has 31 heavy (non-hydrogen) atoms. The Hall–Kier alpha value is -4.01. The molecule has 0 atom stereocenters. The van der Waals surface area contributed by atoms with Crippen LogP contribution in [-0.2, 0) is 11.3 Å². The van der Waals surface area contributed by atoms with Crippen LogP contribution in [0.15, 0.2) is 65.5 Å². The molecule has 0 aliphatic heterocycles. The second kappa shape index (κ2) is 8.02. The highest BCUT2D eigenvalue weighted by atomic mass is 19.2. The van der Waals surface area contributed by atoms with Crippen molar-refractivity contribution in [1.29, 1.82) is 0 Å². The number of carbonyl (C=O) groups is 1. The maximum Gasteiger partial charge on any atom is 0.275 e. The third-order valence-electron chi connectivity index (χ3n) is 4.50. The average Bonchev–Trinajstić information content (AvgIpc) is 2.71. The van der Waals surface area contributed by atoms with Crippen molar-refractivity contribution in [1.82, 2.24) is 9.78 Å². The molecule has 0 aliphatic rings. The van der Waals surface area contributed by atoms with Gasteiger partial charge in [-0.15, -0.1) is 0 Å². The van der Waals surface area contributed by atoms with Crippen LogP contribution < -0.4 is 10.9 Å². The van der Waals surface area contributed by atoms with Crippen LogP contribution in [0.4, 0.5) is 23.2 Å². The summed E-state index contributed by atoms with van der Waals surface area (Å²) in [4.78, 5) is 25.2. The summed E-state index contributed by atoms with van der Waals surface area (Å²) in [5.74, 6) is -4.64. The van der Waals surface area contributed by atoms with E-state index in [-0.39, 0.29) is 22.3 Å². The Balaban J connectivity index is 1.75. The van der Waals surface area contributed by atoms with E-state index < -0.39 is 41.3 Å². The fourth-order valence-corrected chi connectivity index (χ4v) is 3.16. The number of anilines is 1. The minimum absolute atomic E-state index is 0.128. The van der Waals surface area contributed by atoms with Gasteiger partial charge in [-0.3, -0.25) is 9.59 Å². The number of carbonyl (C=O) groups excluding carboxylic acids is 1. The van der Waals surface area contributed by atoms with Crippen molar-refractivity contribution >= 4 is 22.4 Å². The summed E-state index contributed by atoms with van der Waals surface area (Å²) in [5.41, 5.74) is -0.352. The zero-order valence-corrected chi connectivity index (χ0v) is 15.7. The Labute approximate surface area is 172 Å². The van der Waals surface area contributed by atoms with Gasteiger partial charge in [-0.25, -0.2) is 22.2 Å². The second-order valence-electron chi connectivity index (χ2n) is 6.69. The van der Waals surface area contributed by atoms with E-state index in [1.54, 1.807) is 18.2 Å². The molecular formula is C22H13F4N3O2. The molecule has 0 radical (unpaired) electrons. The highest BCUT2D eigenvalue weighted by molar-refractivity contribution is 5.94. The van der Waals surface area contributed by atoms with E-state index in [2.05, 4.69) is 10.4 Å². The predicted molar refractivity (Wildman–Crippen MR) is 106 cm³/mol. The predicted octanol–water partition coefficient (Wildman–Crippen LogP) is 4.26. The highest BCUT2D eigenvalue weighted by Gasteiger charge is 2.16. The molecule has 1 aromatic heterocycles. The molecule has 9 heteroatoms. The number of halogens is 4. The first-order valence-corrected chi connectivity index (χ1v) is 9.03. The molecule has 0 unspecified atom stereocenters. The second-order valence-corrected chi connectivity index (χ2v) is 6.69. The lowest BCUT2D eigenvalue weighted by Crippen LogP contribution is -2.30. The van der Waals surface area contributed by atoms with Crippen LogP contribution >= 0.6 is 0 Å². The van der Waals surface area contributed by atoms with Gasteiger partial charge in [0.2, 0.25) is 5.91 Å². The van der Waals surface area contributed by atoms with Crippen LogP contribution in [0.1, 0.15) is 0 Å². The Bertz CT molecular complexity index is 1370. The number of nitrogens with one attached hydrogen (secondary N) is 1. The first kappa shape index (κ1) is 20.3. The number of nitrogens with zero attached hydrogens (tertiary/aromatic N) is 2. The van der Waals surface area contributed by atoms with Crippen molar-refractivity contribution < 1.29 is 22.4 Å². The molecule has 4 aromatic rings. The van der Waals surface area contributed by atoms with Crippen LogP contribution in [0.2, 0.25) is 0 Å². The van der Waals surface area contributed by atoms with Gasteiger partial charge in [-0.05, 0) is 36.4 Å². The molecule has 1 N–H and O–H groups in total. The molecule has 4 rings (SSSR count). The average molecular weight is 427 g/mol. The molecule has 0 saturated carbocycles. The fraction of sp³-hybridized carbons (Fsp3) is 0.0455. The molecule has 5 nitrogen and oxygen atoms in total. The summed E-state index contributed by atoms with van der Waals surface area (Å²) in [5, 5.41) is 7.06. The standard InChI is InChI=1S/C22H13F4N3O2/c23-13-8-14(24)10-15(9-13)27-20(30)11-29-22(31)17-4-2-1-3-16(17)21(28-29)12-5-6-18(25)19(26)7-12/h1-10H,11H2,(H,27,30). The van der Waals surface area contributed by atoms with Crippen LogP contribution in [0.3, 0.4) is 0 Å². The van der Waals surface area contributed by atoms with E-state index in [4.69, 9.17) is 0 Å². The molecule has 156 valence electrons. The van der Waals surface area contributed by atoms with E-state index >= 15 is 0 Å². The zero-order valence-electron chi connectivity index (χ0n) is 15.7. The largest absolute Gasteiger partial charge is 0.324 e. The number of hydrogen-bond acceptors (Lipinski definition) is 3. The lowest BCUT2D eigenvalue weighted by molar-refractivity contribution is -0.117.